The van der Waals surface area contributed by atoms with E-state index in [0.717, 1.165) is 38.4 Å². The average Bonchev–Trinajstić information content (AvgIpc) is 2.91. The summed E-state index contributed by atoms with van der Waals surface area (Å²) in [5.74, 6) is 2.17. The zero-order valence-electron chi connectivity index (χ0n) is 25.8. The normalized spacial score (nSPS) is 41.8. The van der Waals surface area contributed by atoms with E-state index in [1.807, 2.05) is 0 Å². The number of fused-ring (bicyclic) bond motifs is 5. The Morgan fingerprint density at radius 3 is 2.33 bits per heavy atom. The molecule has 1 heterocycles. The number of allylic oxidation sites excluding steroid dienone is 1. The molecule has 0 aromatic carbocycles. The van der Waals surface area contributed by atoms with Crippen LogP contribution in [-0.2, 0) is 4.79 Å². The van der Waals surface area contributed by atoms with Gasteiger partial charge in [0.25, 0.3) is 5.91 Å². The highest BCUT2D eigenvalue weighted by Crippen LogP contribution is 2.71. The lowest BCUT2D eigenvalue weighted by Gasteiger charge is -2.69. The summed E-state index contributed by atoms with van der Waals surface area (Å²) in [5, 5.41) is 14.4. The second kappa shape index (κ2) is 10.3. The van der Waals surface area contributed by atoms with E-state index in [2.05, 4.69) is 63.8 Å². The first-order chi connectivity index (χ1) is 18.8. The van der Waals surface area contributed by atoms with E-state index in [1.54, 1.807) is 12.4 Å². The summed E-state index contributed by atoms with van der Waals surface area (Å²) in [7, 11) is 0. The van der Waals surface area contributed by atoms with Crippen LogP contribution in [0.2, 0.25) is 0 Å². The smallest absolute Gasteiger partial charge is 0.255 e. The Bertz CT molecular complexity index is 1160. The van der Waals surface area contributed by atoms with Crippen LogP contribution in [0.4, 0.5) is 0 Å². The van der Waals surface area contributed by atoms with Crippen molar-refractivity contribution in [2.45, 2.75) is 118 Å². The molecule has 8 atom stereocenters. The zero-order chi connectivity index (χ0) is 29.1. The summed E-state index contributed by atoms with van der Waals surface area (Å²) >= 11 is 0. The van der Waals surface area contributed by atoms with Gasteiger partial charge in [0.05, 0.1) is 17.2 Å². The van der Waals surface area contributed by atoms with Crippen LogP contribution >= 0.6 is 0 Å². The molecule has 220 valence electrons. The maximum Gasteiger partial charge on any atom is 0.255 e. The summed E-state index contributed by atoms with van der Waals surface area (Å²) < 4.78 is 0. The standard InChI is InChI=1S/C34H51N3O3/c1-21(2)22(3)29-24-8-9-27-32(6,13-11-26-31(4,5)28(39)12-14-33(26,27)7)25(24)10-15-34(29,16-17-38)37-30(40)23-18-35-20-36-19-23/h17-21,24-28,39H,8-16H2,1-7H3,(H,37,40)/b29-22+. The first-order valence-electron chi connectivity index (χ1n) is 15.7. The largest absolute Gasteiger partial charge is 0.393 e. The number of hydrogen-bond acceptors (Lipinski definition) is 5. The van der Waals surface area contributed by atoms with Gasteiger partial charge in [-0.2, -0.15) is 0 Å². The fourth-order valence-corrected chi connectivity index (χ4v) is 10.7. The monoisotopic (exact) mass is 549 g/mol. The van der Waals surface area contributed by atoms with Gasteiger partial charge in [0, 0.05) is 18.8 Å². The highest BCUT2D eigenvalue weighted by Gasteiger charge is 2.65. The van der Waals surface area contributed by atoms with Crippen LogP contribution in [0.5, 0.6) is 0 Å². The predicted molar refractivity (Wildman–Crippen MR) is 157 cm³/mol. The molecule has 8 unspecified atom stereocenters. The fraction of sp³-hybridized carbons (Fsp3) is 0.765. The van der Waals surface area contributed by atoms with Gasteiger partial charge in [-0.3, -0.25) is 4.79 Å². The molecule has 0 saturated heterocycles. The second-order valence-electron chi connectivity index (χ2n) is 15.1. The molecule has 4 aliphatic rings. The van der Waals surface area contributed by atoms with Gasteiger partial charge in [0.15, 0.2) is 0 Å². The van der Waals surface area contributed by atoms with Crippen molar-refractivity contribution < 1.29 is 14.7 Å². The summed E-state index contributed by atoms with van der Waals surface area (Å²) in [5.41, 5.74) is 2.79. The molecule has 1 aromatic heterocycles. The molecule has 1 aromatic rings. The first-order valence-corrected chi connectivity index (χ1v) is 15.7. The average molecular weight is 550 g/mol. The highest BCUT2D eigenvalue weighted by molar-refractivity contribution is 5.94. The van der Waals surface area contributed by atoms with E-state index in [1.165, 1.54) is 36.7 Å². The van der Waals surface area contributed by atoms with Crippen molar-refractivity contribution in [1.29, 1.82) is 0 Å². The number of amides is 1. The van der Waals surface area contributed by atoms with Crippen LogP contribution in [-0.4, -0.2) is 38.9 Å². The second-order valence-corrected chi connectivity index (χ2v) is 15.1. The number of aldehydes is 1. The molecule has 4 fully saturated rings. The van der Waals surface area contributed by atoms with Crippen LogP contribution in [0.25, 0.3) is 0 Å². The third-order valence-electron chi connectivity index (χ3n) is 12.8. The lowest BCUT2D eigenvalue weighted by Crippen LogP contribution is -2.64. The van der Waals surface area contributed by atoms with Gasteiger partial charge in [-0.25, -0.2) is 9.97 Å². The van der Waals surface area contributed by atoms with Gasteiger partial charge >= 0.3 is 0 Å². The van der Waals surface area contributed by atoms with Gasteiger partial charge < -0.3 is 15.2 Å². The van der Waals surface area contributed by atoms with Crippen LogP contribution in [0, 0.1) is 45.8 Å². The van der Waals surface area contributed by atoms with Crippen molar-refractivity contribution in [1.82, 2.24) is 15.3 Å². The zero-order valence-corrected chi connectivity index (χ0v) is 25.8. The van der Waals surface area contributed by atoms with Gasteiger partial charge in [-0.1, -0.05) is 47.1 Å². The number of hydrogen-bond donors (Lipinski definition) is 2. The number of nitrogens with zero attached hydrogens (tertiary/aromatic N) is 2. The Labute approximate surface area is 241 Å². The van der Waals surface area contributed by atoms with Gasteiger partial charge in [0.2, 0.25) is 0 Å². The summed E-state index contributed by atoms with van der Waals surface area (Å²) in [6.45, 7) is 16.4. The molecule has 6 nitrogen and oxygen atoms in total. The first kappa shape index (κ1) is 29.4. The SMILES string of the molecule is C/C(=C1/C2CCC3C(C)(CCC4C(C)(C)C(O)CCC43C)C2CCC1(CC=O)NC(=O)c1cncnc1)C(C)C. The molecule has 1 amide bonds. The maximum absolute atomic E-state index is 13.5. The topological polar surface area (TPSA) is 92.2 Å². The molecular weight excluding hydrogens is 498 g/mol. The summed E-state index contributed by atoms with van der Waals surface area (Å²) in [6.07, 6.45) is 14.0. The minimum atomic E-state index is -0.675. The van der Waals surface area contributed by atoms with E-state index in [4.69, 9.17) is 0 Å². The van der Waals surface area contributed by atoms with Gasteiger partial charge in [0.1, 0.15) is 12.6 Å². The predicted octanol–water partition coefficient (Wildman–Crippen LogP) is 6.55. The molecule has 5 rings (SSSR count). The van der Waals surface area contributed by atoms with Crippen molar-refractivity contribution in [2.24, 2.45) is 45.8 Å². The molecule has 0 spiro atoms. The minimum absolute atomic E-state index is 0.0540. The third kappa shape index (κ3) is 4.39. The van der Waals surface area contributed by atoms with Crippen molar-refractivity contribution >= 4 is 12.2 Å². The summed E-state index contributed by atoms with van der Waals surface area (Å²) in [4.78, 5) is 33.9. The number of aromatic nitrogens is 2. The number of aliphatic hydroxyl groups excluding tert-OH is 1. The third-order valence-corrected chi connectivity index (χ3v) is 12.8. The molecule has 0 bridgehead atoms. The van der Waals surface area contributed by atoms with E-state index in [0.29, 0.717) is 41.6 Å². The van der Waals surface area contributed by atoms with Crippen LogP contribution < -0.4 is 5.32 Å². The molecule has 4 aliphatic carbocycles. The van der Waals surface area contributed by atoms with E-state index >= 15 is 0 Å². The van der Waals surface area contributed by atoms with Crippen LogP contribution in [0.15, 0.2) is 29.9 Å². The minimum Gasteiger partial charge on any atom is -0.393 e. The van der Waals surface area contributed by atoms with E-state index < -0.39 is 5.54 Å². The van der Waals surface area contributed by atoms with E-state index in [-0.39, 0.29) is 28.3 Å². The van der Waals surface area contributed by atoms with E-state index in [9.17, 15) is 14.7 Å². The Kier molecular flexibility index (Phi) is 7.59. The maximum atomic E-state index is 13.5. The summed E-state index contributed by atoms with van der Waals surface area (Å²) in [6, 6.07) is 0. The van der Waals surface area contributed by atoms with Crippen molar-refractivity contribution in [2.75, 3.05) is 0 Å². The fourth-order valence-electron chi connectivity index (χ4n) is 10.7. The Morgan fingerprint density at radius 1 is 1.00 bits per heavy atom. The molecule has 0 radical (unpaired) electrons. The molecule has 2 N–H and O–H groups in total. The number of carbonyl (C=O) groups excluding carboxylic acids is 2. The van der Waals surface area contributed by atoms with Crippen LogP contribution in [0.3, 0.4) is 0 Å². The van der Waals surface area contributed by atoms with Crippen LogP contribution in [0.1, 0.15) is 117 Å². The number of carbonyl (C=O) groups is 2. The Morgan fingerprint density at radius 2 is 1.68 bits per heavy atom. The van der Waals surface area contributed by atoms with Gasteiger partial charge in [-0.15, -0.1) is 0 Å². The highest BCUT2D eigenvalue weighted by atomic mass is 16.3. The lowest BCUT2D eigenvalue weighted by molar-refractivity contribution is -0.202. The lowest BCUT2D eigenvalue weighted by atomic mass is 9.36. The van der Waals surface area contributed by atoms with Gasteiger partial charge in [-0.05, 0) is 110 Å². The molecule has 6 heteroatoms. The molecular formula is C34H51N3O3. The molecule has 0 aliphatic heterocycles. The number of nitrogens with one attached hydrogen (secondary N) is 1. The molecule has 40 heavy (non-hydrogen) atoms. The molecule has 4 saturated carbocycles. The Balaban J connectivity index is 1.54. The van der Waals surface area contributed by atoms with Crippen molar-refractivity contribution in [3.63, 3.8) is 0 Å². The van der Waals surface area contributed by atoms with Crippen molar-refractivity contribution in [3.05, 3.63) is 35.4 Å². The number of aliphatic hydroxyl groups is 1. The van der Waals surface area contributed by atoms with Crippen molar-refractivity contribution in [3.8, 4) is 0 Å². The quantitative estimate of drug-likeness (QED) is 0.321. The Hall–Kier alpha value is -2.08. The number of rotatable bonds is 5.